The van der Waals surface area contributed by atoms with E-state index in [2.05, 4.69) is 60.0 Å². The number of benzene rings is 3. The Hall–Kier alpha value is -9.97. The maximum Gasteiger partial charge on any atom is 0.332 e. The second-order valence-corrected chi connectivity index (χ2v) is 41.4. The number of H-pyrrole nitrogens is 1. The predicted octanol–water partition coefficient (Wildman–Crippen LogP) is 14.3. The monoisotopic (exact) mass is 1920 g/mol. The standard InChI is InChI=1S/C44H53ClN4O10.C32H41BrN2O9S.C18H18ClN3O4/c1-6-25-19-44(25,41(53)54)20-34(50)33-16-28(21-49(33)40(52)30(43(2,3)4)17-37(51)59-27-14-23-13-24(23)15-27)58-36-18-31(32-22-57-42(48-32)46-26-7-8-26)47-39-29(36)9-10-35(38(39)45)56-12-11-55-5;1-6-20-16-32(20,30(39)42-5)34-28(37)26-14-23(44-45(40,41)24-9-7-21(33)8-10-24)17-35(26)29(38)25(31(2,3)4)15-27(36)43-22-12-18-11-19(18)13-22;1-24-6-7-25-15-5-4-11-14(23)8-12(21-17(11)16(15)19)13-9-26-18(22-13)20-10-2-3-10/h6,9-10,18,22-28,30,33H,1,7-8,11-17,19-21H2,2-5H3,(H,46,48)(H,53,54);6-10,18-20,22-23,25-26H,1,11-17H2,2-5H3,(H,34,37);4-5,8-10H,2-3,6-7H2,1H3,(H,20,22)(H,21,23)/t23-,24+,25-,27?,28-,30-,33+,44-;18-,19+,20-,22?,23?,25-,26+,32-;/m11./s1. The SMILES string of the molecule is C=C[C@@H]1C[C@]1(CC(=O)[C@@H]1C[C@@H](Oc2cc(-c3coc(NC4CC4)n3)nc3c(Cl)c(OCCOC)ccc23)CN1C(=O)[C@@H](CC(=O)OC1C[C@@H]2C[C@@H]2C1)C(C)(C)C)C(=O)O.C=C[C@@H]1C[C@]1(NC(=O)[C@@H]1CC(OS(=O)(=O)c2ccc(Br)cc2)CN1C(=O)[C@@H](CC(=O)OC1C[C@@H]2C[C@@H]2C1)C(C)(C)C)C(=O)OC.COCCOc1ccc2c(=O)cc(-c3coc(NC4CC4)n3)[nH]c2c1Cl. The molecular weight excluding hydrogens is 1810 g/mol. The third-order valence-electron chi connectivity index (χ3n) is 26.6. The van der Waals surface area contributed by atoms with Crippen molar-refractivity contribution in [1.82, 2.24) is 35.1 Å². The number of fused-ring (bicyclic) bond motifs is 4. The molecule has 0 radical (unpaired) electrons. The number of ketones is 1. The lowest BCUT2D eigenvalue weighted by molar-refractivity contribution is -0.157. The van der Waals surface area contributed by atoms with Crippen molar-refractivity contribution in [2.24, 2.45) is 63.6 Å². The van der Waals surface area contributed by atoms with Crippen molar-refractivity contribution in [3.8, 4) is 40.0 Å². The second kappa shape index (κ2) is 38.7. The van der Waals surface area contributed by atoms with Gasteiger partial charge in [0, 0.05) is 85.4 Å². The minimum Gasteiger partial charge on any atom is -0.490 e. The number of Topliss-reactive ketones (excluding diaryl/α,β-unsaturated/α-hetero) is 1. The number of allylic oxidation sites excluding steroid dienone is 1. The Morgan fingerprint density at radius 3 is 1.67 bits per heavy atom. The minimum absolute atomic E-state index is 0.0122. The highest BCUT2D eigenvalue weighted by Gasteiger charge is 2.63. The van der Waals surface area contributed by atoms with Crippen molar-refractivity contribution in [2.45, 2.75) is 210 Å². The molecule has 698 valence electrons. The number of pyridine rings is 2. The first-order chi connectivity index (χ1) is 61.9. The Morgan fingerprint density at radius 2 is 1.15 bits per heavy atom. The van der Waals surface area contributed by atoms with Gasteiger partial charge in [0.2, 0.25) is 17.7 Å². The van der Waals surface area contributed by atoms with Crippen LogP contribution >= 0.6 is 39.1 Å². The third-order valence-corrected chi connectivity index (χ3v) is 29.2. The number of esters is 3. The maximum atomic E-state index is 14.8. The highest BCUT2D eigenvalue weighted by Crippen LogP contribution is 2.58. The number of hydrogen-bond donors (Lipinski definition) is 5. The summed E-state index contributed by atoms with van der Waals surface area (Å²) in [5, 5.41) is 21.0. The first kappa shape index (κ1) is 94.7. The highest BCUT2D eigenvalue weighted by atomic mass is 79.9. The first-order valence-electron chi connectivity index (χ1n) is 44.3. The summed E-state index contributed by atoms with van der Waals surface area (Å²) >= 11 is 16.7. The van der Waals surface area contributed by atoms with E-state index in [1.807, 2.05) is 41.5 Å². The van der Waals surface area contributed by atoms with Gasteiger partial charge in [0.25, 0.3) is 22.1 Å². The number of nitrogens with zero attached hydrogens (tertiary/aromatic N) is 5. The van der Waals surface area contributed by atoms with E-state index in [0.29, 0.717) is 145 Å². The van der Waals surface area contributed by atoms with Gasteiger partial charge >= 0.3 is 23.9 Å². The fourth-order valence-corrected chi connectivity index (χ4v) is 20.3. The van der Waals surface area contributed by atoms with Crippen LogP contribution in [0.2, 0.25) is 10.0 Å². The zero-order valence-corrected chi connectivity index (χ0v) is 78.1. The number of hydrogen-bond acceptors (Lipinski definition) is 27. The van der Waals surface area contributed by atoms with Crippen LogP contribution < -0.4 is 35.6 Å². The summed E-state index contributed by atoms with van der Waals surface area (Å²) in [6, 6.07) is 15.4. The number of halogens is 3. The summed E-state index contributed by atoms with van der Waals surface area (Å²) in [6.45, 7) is 19.9. The lowest BCUT2D eigenvalue weighted by atomic mass is 9.77. The van der Waals surface area contributed by atoms with E-state index in [1.54, 1.807) is 68.8 Å². The number of aliphatic carboxylic acids is 1. The van der Waals surface area contributed by atoms with E-state index < -0.39 is 104 Å². The van der Waals surface area contributed by atoms with E-state index in [9.17, 15) is 56.7 Å². The molecule has 16 atom stereocenters. The molecule has 3 unspecified atom stereocenters. The molecule has 8 aliphatic carbocycles. The molecule has 10 aliphatic rings. The molecule has 36 heteroatoms. The molecule has 2 saturated heterocycles. The summed E-state index contributed by atoms with van der Waals surface area (Å²) in [5.41, 5.74) is -1.32. The van der Waals surface area contributed by atoms with Crippen molar-refractivity contribution in [3.05, 3.63) is 123 Å². The molecule has 0 spiro atoms. The molecule has 5 N–H and O–H groups in total. The first-order valence-corrected chi connectivity index (χ1v) is 47.3. The van der Waals surface area contributed by atoms with Crippen molar-refractivity contribution >= 4 is 130 Å². The summed E-state index contributed by atoms with van der Waals surface area (Å²) in [6.07, 6.45) is 14.1. The molecule has 3 aromatic carbocycles. The molecule has 6 heterocycles. The minimum atomic E-state index is -4.25. The van der Waals surface area contributed by atoms with Gasteiger partial charge in [0.1, 0.15) is 94.3 Å². The molecule has 0 bridgehead atoms. The zero-order chi connectivity index (χ0) is 92.8. The number of carboxylic acids is 1. The number of anilines is 2. The van der Waals surface area contributed by atoms with Gasteiger partial charge in [-0.25, -0.2) is 9.78 Å². The van der Waals surface area contributed by atoms with Gasteiger partial charge in [-0.3, -0.25) is 42.5 Å². The lowest BCUT2D eigenvalue weighted by Gasteiger charge is -2.35. The van der Waals surface area contributed by atoms with Crippen LogP contribution in [0.1, 0.15) is 151 Å². The van der Waals surface area contributed by atoms with Crippen LogP contribution in [0.5, 0.6) is 17.2 Å². The smallest absolute Gasteiger partial charge is 0.332 e. The number of likely N-dealkylation sites (tertiary alicyclic amines) is 2. The Balaban J connectivity index is 0.000000161. The van der Waals surface area contributed by atoms with Crippen LogP contribution in [0, 0.1) is 63.6 Å². The van der Waals surface area contributed by atoms with Crippen LogP contribution in [-0.2, 0) is 76.3 Å². The molecule has 7 aromatic rings. The fourth-order valence-electron chi connectivity index (χ4n) is 18.4. The normalized spacial score (nSPS) is 26.0. The number of amides is 3. The molecule has 2 aliphatic heterocycles. The molecule has 4 aromatic heterocycles. The van der Waals surface area contributed by atoms with Crippen molar-refractivity contribution in [1.29, 1.82) is 0 Å². The number of carbonyl (C=O) groups excluding carboxylic acids is 7. The molecule has 17 rings (SSSR count). The van der Waals surface area contributed by atoms with Gasteiger partial charge in [-0.2, -0.15) is 18.4 Å². The van der Waals surface area contributed by atoms with E-state index in [-0.39, 0.29) is 109 Å². The fraction of sp³-hybridized carbons (Fsp3) is 0.553. The Labute approximate surface area is 771 Å². The van der Waals surface area contributed by atoms with E-state index >= 15 is 0 Å². The quantitative estimate of drug-likeness (QED) is 0.00800. The zero-order valence-electron chi connectivity index (χ0n) is 74.2. The number of carbonyl (C=O) groups is 8. The number of aromatic amines is 1. The Morgan fingerprint density at radius 1 is 0.631 bits per heavy atom. The van der Waals surface area contributed by atoms with Gasteiger partial charge in [0.15, 0.2) is 11.2 Å². The Kier molecular flexibility index (Phi) is 28.2. The third kappa shape index (κ3) is 21.7. The summed E-state index contributed by atoms with van der Waals surface area (Å²) in [5.74, 6) is -3.15. The van der Waals surface area contributed by atoms with Crippen LogP contribution in [0.15, 0.2) is 121 Å². The molecule has 10 fully saturated rings. The number of rotatable bonds is 36. The van der Waals surface area contributed by atoms with Gasteiger partial charge in [-0.05, 0) is 166 Å². The molecular formula is C94H112BrCl2N9O23S. The molecule has 130 heavy (non-hydrogen) atoms. The van der Waals surface area contributed by atoms with Gasteiger partial charge < -0.3 is 82.6 Å². The van der Waals surface area contributed by atoms with Crippen LogP contribution in [-0.4, -0.2) is 206 Å². The van der Waals surface area contributed by atoms with Crippen LogP contribution in [0.3, 0.4) is 0 Å². The van der Waals surface area contributed by atoms with Crippen molar-refractivity contribution in [3.63, 3.8) is 0 Å². The molecule has 8 saturated carbocycles. The topological polar surface area (TPSA) is 414 Å². The van der Waals surface area contributed by atoms with Crippen molar-refractivity contribution in [2.75, 3.05) is 71.5 Å². The summed E-state index contributed by atoms with van der Waals surface area (Å²) < 4.78 is 88.7. The number of carboxylic acid groups (broad SMARTS) is 1. The number of oxazole rings is 2. The van der Waals surface area contributed by atoms with Crippen LogP contribution in [0.4, 0.5) is 12.0 Å². The lowest BCUT2D eigenvalue weighted by Crippen LogP contribution is -2.54. The number of ether oxygens (including phenoxy) is 8. The van der Waals surface area contributed by atoms with E-state index in [1.165, 1.54) is 60.5 Å². The number of methoxy groups -OCH3 is 3. The van der Waals surface area contributed by atoms with Gasteiger partial charge in [-0.15, -0.1) is 13.2 Å². The van der Waals surface area contributed by atoms with Gasteiger partial charge in [0.05, 0.1) is 96.4 Å². The predicted molar refractivity (Wildman–Crippen MR) is 482 cm³/mol. The summed E-state index contributed by atoms with van der Waals surface area (Å²) in [7, 11) is 0.148. The summed E-state index contributed by atoms with van der Waals surface area (Å²) in [4.78, 5) is 141. The average Bonchev–Trinajstić information content (AvgIpc) is 1.57. The van der Waals surface area contributed by atoms with Gasteiger partial charge in [-0.1, -0.05) is 92.8 Å². The largest absolute Gasteiger partial charge is 0.490 e. The maximum absolute atomic E-state index is 14.8. The van der Waals surface area contributed by atoms with E-state index in [4.69, 9.17) is 79.1 Å². The Bertz CT molecular complexity index is 5650. The average molecular weight is 1920 g/mol. The number of aromatic nitrogens is 4. The molecule has 32 nitrogen and oxygen atoms in total. The van der Waals surface area contributed by atoms with Crippen LogP contribution in [0.25, 0.3) is 44.6 Å². The molecule has 3 amide bonds. The van der Waals surface area contributed by atoms with E-state index in [0.717, 1.165) is 51.4 Å². The second-order valence-electron chi connectivity index (χ2n) is 38.1. The highest BCUT2D eigenvalue weighted by molar-refractivity contribution is 9.10. The number of nitrogens with one attached hydrogen (secondary N) is 4. The van der Waals surface area contributed by atoms with Crippen molar-refractivity contribution < 1.29 is 103 Å².